The third-order valence-corrected chi connectivity index (χ3v) is 6.65. The molecule has 0 spiro atoms. The van der Waals surface area contributed by atoms with E-state index in [9.17, 15) is 13.2 Å². The number of aromatic nitrogens is 1. The van der Waals surface area contributed by atoms with Gasteiger partial charge in [-0.1, -0.05) is 24.3 Å². The van der Waals surface area contributed by atoms with Gasteiger partial charge in [0.25, 0.3) is 10.0 Å². The van der Waals surface area contributed by atoms with Gasteiger partial charge in [-0.15, -0.1) is 11.3 Å². The van der Waals surface area contributed by atoms with Gasteiger partial charge < -0.3 is 14.8 Å². The minimum Gasteiger partial charge on any atom is -0.454 e. The Morgan fingerprint density at radius 2 is 1.90 bits per heavy atom. The average Bonchev–Trinajstić information content (AvgIpc) is 3.40. The predicted molar refractivity (Wildman–Crippen MR) is 112 cm³/mol. The molecule has 0 atom stereocenters. The molecule has 0 fully saturated rings. The molecule has 3 aromatic rings. The van der Waals surface area contributed by atoms with Gasteiger partial charge in [-0.05, 0) is 36.2 Å². The average molecular weight is 446 g/mol. The molecule has 10 heteroatoms. The number of carbonyl (C=O) groups excluding carboxylic acids is 1. The number of hydrogen-bond donors (Lipinski definition) is 2. The monoisotopic (exact) mass is 445 g/mol. The Kier molecular flexibility index (Phi) is 5.86. The van der Waals surface area contributed by atoms with Crippen LogP contribution in [0.4, 0.5) is 5.13 Å². The van der Waals surface area contributed by atoms with E-state index in [0.29, 0.717) is 30.2 Å². The molecule has 0 saturated carbocycles. The fraction of sp³-hybridized carbons (Fsp3) is 0.200. The van der Waals surface area contributed by atoms with Gasteiger partial charge in [-0.2, -0.15) is 0 Å². The predicted octanol–water partition coefficient (Wildman–Crippen LogP) is 2.92. The number of ether oxygens (including phenoxy) is 2. The zero-order chi connectivity index (χ0) is 21.0. The number of aryl methyl sites for hydroxylation is 1. The van der Waals surface area contributed by atoms with Crippen LogP contribution in [0.5, 0.6) is 11.5 Å². The Morgan fingerprint density at radius 3 is 2.73 bits per heavy atom. The van der Waals surface area contributed by atoms with E-state index in [1.165, 1.54) is 23.5 Å². The van der Waals surface area contributed by atoms with E-state index in [1.54, 1.807) is 23.6 Å². The molecule has 8 nitrogen and oxygen atoms in total. The fourth-order valence-electron chi connectivity index (χ4n) is 2.82. The number of sulfonamides is 1. The molecule has 30 heavy (non-hydrogen) atoms. The molecule has 1 aliphatic rings. The summed E-state index contributed by atoms with van der Waals surface area (Å²) in [4.78, 5) is 16.6. The lowest BCUT2D eigenvalue weighted by atomic mass is 10.2. The van der Waals surface area contributed by atoms with Crippen LogP contribution in [0.15, 0.2) is 58.8 Å². The molecule has 1 amide bonds. The minimum atomic E-state index is -3.68. The summed E-state index contributed by atoms with van der Waals surface area (Å²) in [5.74, 6) is 1.26. The van der Waals surface area contributed by atoms with E-state index in [2.05, 4.69) is 15.0 Å². The van der Waals surface area contributed by atoms with Crippen molar-refractivity contribution in [1.29, 1.82) is 0 Å². The van der Waals surface area contributed by atoms with E-state index in [4.69, 9.17) is 9.47 Å². The van der Waals surface area contributed by atoms with Gasteiger partial charge in [0.15, 0.2) is 16.6 Å². The van der Waals surface area contributed by atoms with E-state index >= 15 is 0 Å². The molecule has 4 rings (SSSR count). The van der Waals surface area contributed by atoms with E-state index < -0.39 is 10.0 Å². The van der Waals surface area contributed by atoms with E-state index in [0.717, 1.165) is 5.56 Å². The van der Waals surface area contributed by atoms with Crippen LogP contribution in [0.2, 0.25) is 0 Å². The highest BCUT2D eigenvalue weighted by molar-refractivity contribution is 7.93. The molecule has 0 aliphatic carbocycles. The Morgan fingerprint density at radius 1 is 1.10 bits per heavy atom. The van der Waals surface area contributed by atoms with Crippen LogP contribution >= 0.6 is 11.3 Å². The maximum Gasteiger partial charge on any atom is 0.263 e. The van der Waals surface area contributed by atoms with Crippen molar-refractivity contribution >= 4 is 32.4 Å². The third-order valence-electron chi connectivity index (χ3n) is 4.36. The molecular formula is C20H19N3O5S2. The fourth-order valence-corrected chi connectivity index (χ4v) is 4.84. The number of thiazole rings is 1. The summed E-state index contributed by atoms with van der Waals surface area (Å²) in [6.45, 7) is 0.594. The smallest absolute Gasteiger partial charge is 0.263 e. The number of benzene rings is 2. The quantitative estimate of drug-likeness (QED) is 0.552. The summed E-state index contributed by atoms with van der Waals surface area (Å²) in [7, 11) is -3.68. The van der Waals surface area contributed by atoms with Crippen molar-refractivity contribution in [3.8, 4) is 11.5 Å². The van der Waals surface area contributed by atoms with Crippen molar-refractivity contribution in [2.24, 2.45) is 0 Å². The molecule has 0 unspecified atom stereocenters. The topological polar surface area (TPSA) is 107 Å². The molecule has 1 aliphatic heterocycles. The number of rotatable bonds is 8. The Hall–Kier alpha value is -3.11. The number of anilines is 1. The molecule has 2 N–H and O–H groups in total. The summed E-state index contributed by atoms with van der Waals surface area (Å²) < 4.78 is 37.7. The first-order valence-electron chi connectivity index (χ1n) is 9.17. The van der Waals surface area contributed by atoms with Crippen molar-refractivity contribution in [3.63, 3.8) is 0 Å². The first-order chi connectivity index (χ1) is 14.5. The SMILES string of the molecule is O=C(CCc1csc(NS(=O)(=O)c2ccccc2)n1)NCc1ccc2c(c1)OCO2. The second-order valence-electron chi connectivity index (χ2n) is 6.53. The molecular weight excluding hydrogens is 426 g/mol. The van der Waals surface area contributed by atoms with Gasteiger partial charge in [0.1, 0.15) is 0 Å². The van der Waals surface area contributed by atoms with Crippen LogP contribution in [-0.2, 0) is 27.8 Å². The number of fused-ring (bicyclic) bond motifs is 1. The van der Waals surface area contributed by atoms with Crippen LogP contribution in [0.25, 0.3) is 0 Å². The van der Waals surface area contributed by atoms with Crippen molar-refractivity contribution < 1.29 is 22.7 Å². The summed E-state index contributed by atoms with van der Waals surface area (Å²) in [5.41, 5.74) is 1.57. The highest BCUT2D eigenvalue weighted by Gasteiger charge is 2.16. The van der Waals surface area contributed by atoms with Crippen LogP contribution in [-0.4, -0.2) is 26.1 Å². The van der Waals surface area contributed by atoms with Crippen molar-refractivity contribution in [2.45, 2.75) is 24.3 Å². The minimum absolute atomic E-state index is 0.118. The van der Waals surface area contributed by atoms with E-state index in [-0.39, 0.29) is 29.1 Å². The molecule has 2 heterocycles. The number of carbonyl (C=O) groups is 1. The van der Waals surface area contributed by atoms with Gasteiger partial charge in [0, 0.05) is 18.3 Å². The zero-order valence-corrected chi connectivity index (χ0v) is 17.5. The lowest BCUT2D eigenvalue weighted by molar-refractivity contribution is -0.121. The lowest BCUT2D eigenvalue weighted by Gasteiger charge is -2.06. The van der Waals surface area contributed by atoms with E-state index in [1.807, 2.05) is 18.2 Å². The van der Waals surface area contributed by atoms with Gasteiger partial charge in [-0.25, -0.2) is 13.4 Å². The molecule has 2 aromatic carbocycles. The number of hydrogen-bond acceptors (Lipinski definition) is 7. The number of nitrogens with one attached hydrogen (secondary N) is 2. The van der Waals surface area contributed by atoms with Crippen LogP contribution < -0.4 is 19.5 Å². The van der Waals surface area contributed by atoms with Crippen molar-refractivity contribution in [3.05, 3.63) is 65.2 Å². The molecule has 156 valence electrons. The summed E-state index contributed by atoms with van der Waals surface area (Å²) in [5, 5.41) is 4.87. The third kappa shape index (κ3) is 4.89. The first-order valence-corrected chi connectivity index (χ1v) is 11.5. The second-order valence-corrected chi connectivity index (χ2v) is 9.07. The van der Waals surface area contributed by atoms with Crippen molar-refractivity contribution in [1.82, 2.24) is 10.3 Å². The zero-order valence-electron chi connectivity index (χ0n) is 15.8. The second kappa shape index (κ2) is 8.72. The van der Waals surface area contributed by atoms with Crippen LogP contribution in [0.1, 0.15) is 17.7 Å². The highest BCUT2D eigenvalue weighted by Crippen LogP contribution is 2.32. The molecule has 0 bridgehead atoms. The summed E-state index contributed by atoms with van der Waals surface area (Å²) >= 11 is 1.19. The molecule has 1 aromatic heterocycles. The number of amides is 1. The Bertz CT molecular complexity index is 1150. The molecule has 0 saturated heterocycles. The highest BCUT2D eigenvalue weighted by atomic mass is 32.2. The first kappa shape index (κ1) is 20.2. The van der Waals surface area contributed by atoms with Crippen LogP contribution in [0, 0.1) is 0 Å². The van der Waals surface area contributed by atoms with Crippen LogP contribution in [0.3, 0.4) is 0 Å². The maximum atomic E-state index is 12.3. The maximum absolute atomic E-state index is 12.3. The van der Waals surface area contributed by atoms with Gasteiger partial charge in [0.2, 0.25) is 12.7 Å². The standard InChI is InChI=1S/C20H19N3O5S2/c24-19(21-11-14-6-8-17-18(10-14)28-13-27-17)9-7-15-12-29-20(22-15)23-30(25,26)16-4-2-1-3-5-16/h1-6,8,10,12H,7,9,11,13H2,(H,21,24)(H,22,23). The van der Waals surface area contributed by atoms with Crippen molar-refractivity contribution in [2.75, 3.05) is 11.5 Å². The van der Waals surface area contributed by atoms with Gasteiger partial charge in [0.05, 0.1) is 10.6 Å². The largest absolute Gasteiger partial charge is 0.454 e. The van der Waals surface area contributed by atoms with Gasteiger partial charge in [-0.3, -0.25) is 9.52 Å². The molecule has 0 radical (unpaired) electrons. The Labute approximate surface area is 177 Å². The van der Waals surface area contributed by atoms with Gasteiger partial charge >= 0.3 is 0 Å². The summed E-state index contributed by atoms with van der Waals surface area (Å²) in [6, 6.07) is 13.6. The normalized spacial score (nSPS) is 12.5. The lowest BCUT2D eigenvalue weighted by Crippen LogP contribution is -2.23. The summed E-state index contributed by atoms with van der Waals surface area (Å²) in [6.07, 6.45) is 0.662. The Balaban J connectivity index is 1.26. The number of nitrogens with zero attached hydrogens (tertiary/aromatic N) is 1.